The van der Waals surface area contributed by atoms with E-state index in [1.165, 1.54) is 6.20 Å². The third-order valence-electron chi connectivity index (χ3n) is 6.75. The molecule has 10 heteroatoms. The number of aromatic nitrogens is 2. The number of aliphatic hydroxyl groups excluding tert-OH is 1. The number of aromatic amines is 1. The number of halogens is 6. The lowest BCUT2D eigenvalue weighted by molar-refractivity contribution is -0.0967. The zero-order valence-electron chi connectivity index (χ0n) is 17.6. The number of fused-ring (bicyclic) bond motifs is 2. The van der Waals surface area contributed by atoms with Crippen molar-refractivity contribution in [1.29, 1.82) is 5.26 Å². The fourth-order valence-corrected chi connectivity index (χ4v) is 5.25. The van der Waals surface area contributed by atoms with Gasteiger partial charge in [-0.05, 0) is 53.8 Å². The van der Waals surface area contributed by atoms with E-state index in [0.717, 1.165) is 18.2 Å². The monoisotopic (exact) mass is 477 g/mol. The van der Waals surface area contributed by atoms with Crippen molar-refractivity contribution in [2.24, 2.45) is 0 Å². The Labute approximate surface area is 189 Å². The van der Waals surface area contributed by atoms with E-state index in [4.69, 9.17) is 0 Å². The molecular formula is C24H17F6N3O. The van der Waals surface area contributed by atoms with Gasteiger partial charge in [0.2, 0.25) is 0 Å². The third kappa shape index (κ3) is 3.14. The molecule has 1 heterocycles. The highest BCUT2D eigenvalue weighted by Crippen LogP contribution is 2.54. The number of alkyl halides is 4. The summed E-state index contributed by atoms with van der Waals surface area (Å²) in [6, 6.07) is 4.32. The minimum atomic E-state index is -3.65. The van der Waals surface area contributed by atoms with Crippen molar-refractivity contribution in [3.63, 3.8) is 0 Å². The van der Waals surface area contributed by atoms with E-state index >= 15 is 4.39 Å². The van der Waals surface area contributed by atoms with Gasteiger partial charge in [0, 0.05) is 34.7 Å². The molecule has 1 aromatic heterocycles. The van der Waals surface area contributed by atoms with Gasteiger partial charge >= 0.3 is 0 Å². The van der Waals surface area contributed by atoms with Gasteiger partial charge in [0.1, 0.15) is 23.9 Å². The van der Waals surface area contributed by atoms with Gasteiger partial charge in [-0.1, -0.05) is 0 Å². The molecule has 176 valence electrons. The van der Waals surface area contributed by atoms with Crippen LogP contribution in [0.1, 0.15) is 63.7 Å². The summed E-state index contributed by atoms with van der Waals surface area (Å²) in [4.78, 5) is 0. The molecule has 2 N–H and O–H groups in total. The number of rotatable bonds is 2. The van der Waals surface area contributed by atoms with Gasteiger partial charge in [0.15, 0.2) is 6.17 Å². The molecule has 4 unspecified atom stereocenters. The number of nitrogens with one attached hydrogen (secondary N) is 1. The molecule has 4 atom stereocenters. The summed E-state index contributed by atoms with van der Waals surface area (Å²) in [6.07, 6.45) is -6.99. The van der Waals surface area contributed by atoms with E-state index < -0.39 is 60.3 Å². The molecular weight excluding hydrogens is 460 g/mol. The fraction of sp³-hybridized carbons (Fsp3) is 0.333. The fourth-order valence-electron chi connectivity index (χ4n) is 5.25. The Morgan fingerprint density at radius 3 is 2.53 bits per heavy atom. The predicted molar refractivity (Wildman–Crippen MR) is 109 cm³/mol. The van der Waals surface area contributed by atoms with Crippen molar-refractivity contribution in [3.05, 3.63) is 75.1 Å². The first-order chi connectivity index (χ1) is 16.0. The van der Waals surface area contributed by atoms with E-state index in [1.807, 2.05) is 0 Å². The van der Waals surface area contributed by atoms with Crippen LogP contribution in [0, 0.1) is 29.9 Å². The van der Waals surface area contributed by atoms with E-state index in [0.29, 0.717) is 5.69 Å². The number of benzene rings is 2. The second-order valence-electron chi connectivity index (χ2n) is 8.74. The van der Waals surface area contributed by atoms with E-state index in [-0.39, 0.29) is 38.9 Å². The molecule has 2 aromatic carbocycles. The normalized spacial score (nSPS) is 25.0. The zero-order chi connectivity index (χ0) is 24.5. The zero-order valence-corrected chi connectivity index (χ0v) is 17.6. The number of aryl methyl sites for hydroxylation is 1. The van der Waals surface area contributed by atoms with Crippen LogP contribution < -0.4 is 0 Å². The minimum Gasteiger partial charge on any atom is -0.382 e. The summed E-state index contributed by atoms with van der Waals surface area (Å²) in [5, 5.41) is 26.4. The number of hydrogen-bond acceptors (Lipinski definition) is 3. The highest BCUT2D eigenvalue weighted by Gasteiger charge is 2.51. The molecule has 0 saturated carbocycles. The Bertz CT molecular complexity index is 1360. The van der Waals surface area contributed by atoms with Crippen molar-refractivity contribution in [1.82, 2.24) is 10.2 Å². The maximum absolute atomic E-state index is 15.5. The number of nitrogens with zero attached hydrogens (tertiary/aromatic N) is 2. The molecule has 2 aliphatic rings. The molecule has 0 amide bonds. The summed E-state index contributed by atoms with van der Waals surface area (Å²) in [5.74, 6) is -6.76. The SMILES string of the molecule is Cc1[nH]ncc1-c1c(F)cc(C2CC(F)C(F)c3cc(F)cc(C#N)c32)c2c1C(O)C(F)(F)C2. The maximum Gasteiger partial charge on any atom is 0.281 e. The number of aliphatic hydroxyl groups is 1. The molecule has 3 aromatic rings. The minimum absolute atomic E-state index is 0.0659. The Kier molecular flexibility index (Phi) is 5.02. The van der Waals surface area contributed by atoms with Crippen LogP contribution in [0.15, 0.2) is 24.4 Å². The highest BCUT2D eigenvalue weighted by atomic mass is 19.3. The quantitative estimate of drug-likeness (QED) is 0.469. The molecule has 0 spiro atoms. The lowest BCUT2D eigenvalue weighted by Crippen LogP contribution is -2.26. The van der Waals surface area contributed by atoms with Crippen molar-refractivity contribution >= 4 is 0 Å². The molecule has 0 saturated heterocycles. The molecule has 5 rings (SSSR count). The summed E-state index contributed by atoms with van der Waals surface area (Å²) in [7, 11) is 0. The molecule has 0 bridgehead atoms. The molecule has 0 aliphatic heterocycles. The van der Waals surface area contributed by atoms with Crippen molar-refractivity contribution in [2.45, 2.75) is 50.1 Å². The van der Waals surface area contributed by atoms with E-state index in [2.05, 4.69) is 10.2 Å². The van der Waals surface area contributed by atoms with Crippen LogP contribution in [0.25, 0.3) is 11.1 Å². The van der Waals surface area contributed by atoms with Gasteiger partial charge < -0.3 is 5.11 Å². The molecule has 4 nitrogen and oxygen atoms in total. The van der Waals surface area contributed by atoms with Crippen LogP contribution in [0.4, 0.5) is 26.3 Å². The first-order valence-corrected chi connectivity index (χ1v) is 10.5. The Morgan fingerprint density at radius 1 is 1.15 bits per heavy atom. The topological polar surface area (TPSA) is 72.7 Å². The first-order valence-electron chi connectivity index (χ1n) is 10.5. The smallest absolute Gasteiger partial charge is 0.281 e. The average molecular weight is 477 g/mol. The lowest BCUT2D eigenvalue weighted by atomic mass is 9.73. The summed E-state index contributed by atoms with van der Waals surface area (Å²) in [6.45, 7) is 1.56. The Hall–Kier alpha value is -3.32. The molecule has 34 heavy (non-hydrogen) atoms. The van der Waals surface area contributed by atoms with Crippen molar-refractivity contribution < 1.29 is 31.4 Å². The van der Waals surface area contributed by atoms with Gasteiger partial charge in [0.05, 0.1) is 17.8 Å². The van der Waals surface area contributed by atoms with Crippen LogP contribution in [0.2, 0.25) is 0 Å². The van der Waals surface area contributed by atoms with Crippen LogP contribution in [0.5, 0.6) is 0 Å². The second-order valence-corrected chi connectivity index (χ2v) is 8.74. The number of nitriles is 1. The van der Waals surface area contributed by atoms with Gasteiger partial charge in [-0.3, -0.25) is 5.10 Å². The first kappa shape index (κ1) is 22.5. The standard InChI is InChI=1S/C24H17F6N3O/c1-9-16(8-32-33-9)20-17(26)4-12(15-6-24(29,30)23(34)21(15)20)13-5-18(27)22(28)14-3-11(25)2-10(7-31)19(13)14/h2-4,8,13,18,22-23,34H,5-6H2,1H3,(H,32,33). The van der Waals surface area contributed by atoms with Gasteiger partial charge in [-0.15, -0.1) is 0 Å². The lowest BCUT2D eigenvalue weighted by Gasteiger charge is -2.33. The van der Waals surface area contributed by atoms with Crippen molar-refractivity contribution in [2.75, 3.05) is 0 Å². The van der Waals surface area contributed by atoms with Crippen molar-refractivity contribution in [3.8, 4) is 17.2 Å². The Morgan fingerprint density at radius 2 is 1.88 bits per heavy atom. The maximum atomic E-state index is 15.5. The largest absolute Gasteiger partial charge is 0.382 e. The van der Waals surface area contributed by atoms with Crippen LogP contribution in [-0.2, 0) is 6.42 Å². The Balaban J connectivity index is 1.82. The highest BCUT2D eigenvalue weighted by molar-refractivity contribution is 5.74. The van der Waals surface area contributed by atoms with Gasteiger partial charge in [-0.2, -0.15) is 10.4 Å². The summed E-state index contributed by atoms with van der Waals surface area (Å²) < 4.78 is 88.4. The number of H-pyrrole nitrogens is 1. The second kappa shape index (κ2) is 7.60. The third-order valence-corrected chi connectivity index (χ3v) is 6.75. The predicted octanol–water partition coefficient (Wildman–Crippen LogP) is 5.64. The number of hydrogen-bond donors (Lipinski definition) is 2. The summed E-state index contributed by atoms with van der Waals surface area (Å²) >= 11 is 0. The van der Waals surface area contributed by atoms with Crippen LogP contribution in [0.3, 0.4) is 0 Å². The van der Waals surface area contributed by atoms with E-state index in [1.54, 1.807) is 13.0 Å². The molecule has 0 fully saturated rings. The molecule has 2 aliphatic carbocycles. The van der Waals surface area contributed by atoms with E-state index in [9.17, 15) is 32.3 Å². The summed E-state index contributed by atoms with van der Waals surface area (Å²) in [5.41, 5.74) is -1.02. The van der Waals surface area contributed by atoms with Crippen LogP contribution in [-0.4, -0.2) is 27.4 Å². The van der Waals surface area contributed by atoms with Gasteiger partial charge in [0.25, 0.3) is 5.92 Å². The van der Waals surface area contributed by atoms with Crippen LogP contribution >= 0.6 is 0 Å². The average Bonchev–Trinajstić information content (AvgIpc) is 3.30. The molecule has 0 radical (unpaired) electrons. The van der Waals surface area contributed by atoms with Gasteiger partial charge in [-0.25, -0.2) is 26.3 Å².